The molecule has 0 radical (unpaired) electrons. The molecule has 0 spiro atoms. The van der Waals surface area contributed by atoms with E-state index in [2.05, 4.69) is 4.98 Å². The van der Waals surface area contributed by atoms with E-state index < -0.39 is 0 Å². The molecule has 2 aromatic rings. The average Bonchev–Trinajstić information content (AvgIpc) is 3.04. The minimum atomic E-state index is -0.304. The lowest BCUT2D eigenvalue weighted by molar-refractivity contribution is -0.0764. The fourth-order valence-corrected chi connectivity index (χ4v) is 3.52. The van der Waals surface area contributed by atoms with Crippen LogP contribution < -0.4 is 4.74 Å². The summed E-state index contributed by atoms with van der Waals surface area (Å²) in [6.45, 7) is 8.36. The van der Waals surface area contributed by atoms with Crippen LogP contribution in [0.4, 0.5) is 0 Å². The van der Waals surface area contributed by atoms with Crippen LogP contribution in [0.5, 0.6) is 5.75 Å². The zero-order valence-corrected chi connectivity index (χ0v) is 15.1. The second-order valence-corrected chi connectivity index (χ2v) is 7.19. The Morgan fingerprint density at radius 1 is 1.38 bits per heavy atom. The van der Waals surface area contributed by atoms with Crippen LogP contribution in [0.25, 0.3) is 10.6 Å². The van der Waals surface area contributed by atoms with Crippen molar-refractivity contribution in [3.8, 4) is 16.3 Å². The number of rotatable bonds is 4. The number of morpholine rings is 1. The predicted molar refractivity (Wildman–Crippen MR) is 94.7 cm³/mol. The number of aromatic nitrogens is 1. The van der Waals surface area contributed by atoms with Gasteiger partial charge in [0.15, 0.2) is 0 Å². The van der Waals surface area contributed by atoms with Crippen molar-refractivity contribution in [2.75, 3.05) is 26.3 Å². The Labute approximate surface area is 146 Å². The van der Waals surface area contributed by atoms with Gasteiger partial charge in [0.05, 0.1) is 18.8 Å². The summed E-state index contributed by atoms with van der Waals surface area (Å²) in [5, 5.41) is 2.67. The van der Waals surface area contributed by atoms with E-state index in [0.717, 1.165) is 16.3 Å². The van der Waals surface area contributed by atoms with E-state index in [4.69, 9.17) is 9.47 Å². The molecule has 24 heavy (non-hydrogen) atoms. The summed E-state index contributed by atoms with van der Waals surface area (Å²) in [6.07, 6.45) is 0. The smallest absolute Gasteiger partial charge is 0.273 e. The van der Waals surface area contributed by atoms with Gasteiger partial charge in [-0.2, -0.15) is 0 Å². The maximum absolute atomic E-state index is 12.7. The molecule has 128 valence electrons. The zero-order valence-electron chi connectivity index (χ0n) is 14.2. The highest BCUT2D eigenvalue weighted by Gasteiger charge is 2.31. The van der Waals surface area contributed by atoms with Gasteiger partial charge >= 0.3 is 0 Å². The molecular weight excluding hydrogens is 324 g/mol. The Morgan fingerprint density at radius 2 is 2.12 bits per heavy atom. The molecule has 1 saturated heterocycles. The third kappa shape index (κ3) is 3.76. The van der Waals surface area contributed by atoms with E-state index >= 15 is 0 Å². The Morgan fingerprint density at radius 3 is 2.79 bits per heavy atom. The van der Waals surface area contributed by atoms with Gasteiger partial charge in [0.25, 0.3) is 5.91 Å². The molecule has 0 unspecified atom stereocenters. The molecule has 5 nitrogen and oxygen atoms in total. The Hall–Kier alpha value is -1.92. The van der Waals surface area contributed by atoms with E-state index in [-0.39, 0.29) is 11.5 Å². The van der Waals surface area contributed by atoms with Crippen LogP contribution in [0.3, 0.4) is 0 Å². The molecule has 0 aliphatic carbocycles. The SMILES string of the molecule is CCOc1ccc(-c2nc(C(=O)N3CCOC(C)(C)C3)cs2)cc1. The van der Waals surface area contributed by atoms with Crippen LogP contribution in [-0.2, 0) is 4.74 Å². The first-order valence-corrected chi connectivity index (χ1v) is 8.98. The Kier molecular flexibility index (Phi) is 4.87. The molecule has 3 rings (SSSR count). The summed E-state index contributed by atoms with van der Waals surface area (Å²) in [5.41, 5.74) is 1.19. The normalized spacial score (nSPS) is 16.9. The van der Waals surface area contributed by atoms with Gasteiger partial charge in [-0.05, 0) is 45.0 Å². The lowest BCUT2D eigenvalue weighted by Crippen LogP contribution is -2.50. The molecule has 1 amide bonds. The summed E-state index contributed by atoms with van der Waals surface area (Å²) in [5.74, 6) is 0.810. The number of benzene rings is 1. The van der Waals surface area contributed by atoms with Gasteiger partial charge in [0.2, 0.25) is 0 Å². The van der Waals surface area contributed by atoms with E-state index in [1.165, 1.54) is 11.3 Å². The highest BCUT2D eigenvalue weighted by atomic mass is 32.1. The molecule has 1 aromatic heterocycles. The van der Waals surface area contributed by atoms with Gasteiger partial charge in [-0.1, -0.05) is 0 Å². The number of hydrogen-bond acceptors (Lipinski definition) is 5. The number of amides is 1. The second-order valence-electron chi connectivity index (χ2n) is 6.33. The summed E-state index contributed by atoms with van der Waals surface area (Å²) >= 11 is 1.48. The van der Waals surface area contributed by atoms with E-state index in [0.29, 0.717) is 32.0 Å². The quantitative estimate of drug-likeness (QED) is 0.851. The highest BCUT2D eigenvalue weighted by Crippen LogP contribution is 2.27. The van der Waals surface area contributed by atoms with Gasteiger partial charge < -0.3 is 14.4 Å². The van der Waals surface area contributed by atoms with Crippen LogP contribution in [0.1, 0.15) is 31.3 Å². The van der Waals surface area contributed by atoms with Gasteiger partial charge in [-0.3, -0.25) is 4.79 Å². The number of hydrogen-bond donors (Lipinski definition) is 0. The van der Waals surface area contributed by atoms with Crippen LogP contribution in [0.15, 0.2) is 29.6 Å². The van der Waals surface area contributed by atoms with Crippen LogP contribution in [0, 0.1) is 0 Å². The third-order valence-electron chi connectivity index (χ3n) is 3.85. The van der Waals surface area contributed by atoms with Gasteiger partial charge in [-0.15, -0.1) is 11.3 Å². The van der Waals surface area contributed by atoms with Crippen molar-refractivity contribution in [3.63, 3.8) is 0 Å². The van der Waals surface area contributed by atoms with Gasteiger partial charge in [0.1, 0.15) is 16.5 Å². The summed E-state index contributed by atoms with van der Waals surface area (Å²) in [7, 11) is 0. The van der Waals surface area contributed by atoms with E-state index in [1.807, 2.05) is 55.3 Å². The minimum absolute atomic E-state index is 0.0280. The zero-order chi connectivity index (χ0) is 17.2. The van der Waals surface area contributed by atoms with Crippen molar-refractivity contribution in [1.29, 1.82) is 0 Å². The second kappa shape index (κ2) is 6.91. The number of nitrogens with zero attached hydrogens (tertiary/aromatic N) is 2. The van der Waals surface area contributed by atoms with Crippen molar-refractivity contribution in [2.45, 2.75) is 26.4 Å². The third-order valence-corrected chi connectivity index (χ3v) is 4.74. The maximum Gasteiger partial charge on any atom is 0.273 e. The predicted octanol–water partition coefficient (Wildman–Crippen LogP) is 3.46. The van der Waals surface area contributed by atoms with Crippen LogP contribution in [-0.4, -0.2) is 47.7 Å². The van der Waals surface area contributed by atoms with Crippen molar-refractivity contribution in [2.24, 2.45) is 0 Å². The van der Waals surface area contributed by atoms with E-state index in [9.17, 15) is 4.79 Å². The molecule has 0 saturated carbocycles. The van der Waals surface area contributed by atoms with Crippen LogP contribution in [0.2, 0.25) is 0 Å². The largest absolute Gasteiger partial charge is 0.494 e. The molecule has 1 aromatic carbocycles. The molecule has 1 aliphatic rings. The maximum atomic E-state index is 12.7. The fourth-order valence-electron chi connectivity index (χ4n) is 2.72. The summed E-state index contributed by atoms with van der Waals surface area (Å²) in [4.78, 5) is 19.0. The average molecular weight is 346 g/mol. The topological polar surface area (TPSA) is 51.7 Å². The number of carbonyl (C=O) groups excluding carboxylic acids is 1. The fraction of sp³-hybridized carbons (Fsp3) is 0.444. The molecule has 2 heterocycles. The molecule has 0 bridgehead atoms. The van der Waals surface area contributed by atoms with E-state index in [1.54, 1.807) is 0 Å². The summed E-state index contributed by atoms with van der Waals surface area (Å²) < 4.78 is 11.1. The first-order valence-electron chi connectivity index (χ1n) is 8.10. The monoisotopic (exact) mass is 346 g/mol. The van der Waals surface area contributed by atoms with Crippen molar-refractivity contribution < 1.29 is 14.3 Å². The number of ether oxygens (including phenoxy) is 2. The first-order chi connectivity index (χ1) is 11.5. The molecule has 6 heteroatoms. The minimum Gasteiger partial charge on any atom is -0.494 e. The van der Waals surface area contributed by atoms with Crippen molar-refractivity contribution >= 4 is 17.2 Å². The molecule has 0 N–H and O–H groups in total. The van der Waals surface area contributed by atoms with Crippen molar-refractivity contribution in [3.05, 3.63) is 35.3 Å². The van der Waals surface area contributed by atoms with Gasteiger partial charge in [0, 0.05) is 24.0 Å². The lowest BCUT2D eigenvalue weighted by atomic mass is 10.1. The van der Waals surface area contributed by atoms with Crippen LogP contribution >= 0.6 is 11.3 Å². The number of carbonyl (C=O) groups is 1. The van der Waals surface area contributed by atoms with Crippen molar-refractivity contribution in [1.82, 2.24) is 9.88 Å². The van der Waals surface area contributed by atoms with Gasteiger partial charge in [-0.25, -0.2) is 4.98 Å². The first kappa shape index (κ1) is 16.9. The lowest BCUT2D eigenvalue weighted by Gasteiger charge is -2.37. The molecule has 1 aliphatic heterocycles. The molecule has 0 atom stereocenters. The summed E-state index contributed by atoms with van der Waals surface area (Å²) in [6, 6.07) is 7.78. The Bertz CT molecular complexity index is 709. The number of thiazole rings is 1. The Balaban J connectivity index is 1.74. The molecule has 1 fully saturated rings. The standard InChI is InChI=1S/C18H22N2O3S/c1-4-22-14-7-5-13(6-8-14)16-19-15(11-24-16)17(21)20-9-10-23-18(2,3)12-20/h5-8,11H,4,9-10,12H2,1-3H3. The molecular formula is C18H22N2O3S. The highest BCUT2D eigenvalue weighted by molar-refractivity contribution is 7.13.